The molecule has 0 saturated heterocycles. The lowest BCUT2D eigenvalue weighted by molar-refractivity contribution is 0.608. The zero-order chi connectivity index (χ0) is 13.7. The summed E-state index contributed by atoms with van der Waals surface area (Å²) in [6.07, 6.45) is 1.82. The lowest BCUT2D eigenvalue weighted by atomic mass is 10.1. The summed E-state index contributed by atoms with van der Waals surface area (Å²) in [6.45, 7) is 1.95. The third kappa shape index (κ3) is 4.02. The molecule has 0 aliphatic rings. The Hall–Kier alpha value is -1.43. The number of nitrogens with two attached hydrogens (primary N) is 1. The van der Waals surface area contributed by atoms with Crippen LogP contribution >= 0.6 is 11.8 Å². The maximum absolute atomic E-state index is 12.8. The highest BCUT2D eigenvalue weighted by molar-refractivity contribution is 7.99. The highest BCUT2D eigenvalue weighted by Gasteiger charge is 2.10. The van der Waals surface area contributed by atoms with Crippen molar-refractivity contribution in [1.82, 2.24) is 10.4 Å². The van der Waals surface area contributed by atoms with Gasteiger partial charge in [-0.15, -0.1) is 11.8 Å². The summed E-state index contributed by atoms with van der Waals surface area (Å²) < 4.78 is 12.8. The van der Waals surface area contributed by atoms with E-state index in [0.29, 0.717) is 0 Å². The van der Waals surface area contributed by atoms with Crippen LogP contribution in [0.3, 0.4) is 0 Å². The third-order valence-electron chi connectivity index (χ3n) is 2.77. The first-order chi connectivity index (χ1) is 9.19. The van der Waals surface area contributed by atoms with Crippen molar-refractivity contribution < 1.29 is 4.39 Å². The highest BCUT2D eigenvalue weighted by atomic mass is 32.2. The predicted molar refractivity (Wildman–Crippen MR) is 76.2 cm³/mol. The molecule has 19 heavy (non-hydrogen) atoms. The monoisotopic (exact) mass is 277 g/mol. The second kappa shape index (κ2) is 6.65. The van der Waals surface area contributed by atoms with Crippen LogP contribution in [-0.4, -0.2) is 10.7 Å². The lowest BCUT2D eigenvalue weighted by Crippen LogP contribution is -2.29. The van der Waals surface area contributed by atoms with E-state index in [2.05, 4.69) is 10.4 Å². The molecule has 0 radical (unpaired) electrons. The van der Waals surface area contributed by atoms with E-state index >= 15 is 0 Å². The zero-order valence-electron chi connectivity index (χ0n) is 10.6. The van der Waals surface area contributed by atoms with Gasteiger partial charge in [-0.05, 0) is 42.8 Å². The van der Waals surface area contributed by atoms with E-state index in [-0.39, 0.29) is 11.9 Å². The summed E-state index contributed by atoms with van der Waals surface area (Å²) in [5, 5.41) is 0. The van der Waals surface area contributed by atoms with E-state index in [0.717, 1.165) is 21.9 Å². The van der Waals surface area contributed by atoms with Crippen LogP contribution in [0.15, 0.2) is 47.5 Å². The van der Waals surface area contributed by atoms with Gasteiger partial charge in [-0.1, -0.05) is 6.07 Å². The molecule has 0 spiro atoms. The fourth-order valence-corrected chi connectivity index (χ4v) is 2.61. The maximum atomic E-state index is 12.8. The van der Waals surface area contributed by atoms with Crippen LogP contribution in [0, 0.1) is 12.7 Å². The van der Waals surface area contributed by atoms with Gasteiger partial charge in [0.25, 0.3) is 0 Å². The average Bonchev–Trinajstić information content (AvgIpc) is 2.43. The van der Waals surface area contributed by atoms with Crippen LogP contribution in [0.5, 0.6) is 0 Å². The second-order valence-corrected chi connectivity index (χ2v) is 5.31. The van der Waals surface area contributed by atoms with Crippen LogP contribution in [-0.2, 0) is 0 Å². The summed E-state index contributed by atoms with van der Waals surface area (Å²) in [5.74, 6) is 6.12. The number of hydrogen-bond donors (Lipinski definition) is 2. The number of aryl methyl sites for hydroxylation is 1. The molecule has 1 unspecified atom stereocenters. The molecule has 0 saturated carbocycles. The molecule has 3 N–H and O–H groups in total. The van der Waals surface area contributed by atoms with Crippen LogP contribution < -0.4 is 11.3 Å². The van der Waals surface area contributed by atoms with E-state index in [1.165, 1.54) is 12.1 Å². The van der Waals surface area contributed by atoms with E-state index in [9.17, 15) is 4.39 Å². The topological polar surface area (TPSA) is 50.9 Å². The van der Waals surface area contributed by atoms with Crippen LogP contribution in [0.25, 0.3) is 0 Å². The van der Waals surface area contributed by atoms with Gasteiger partial charge in [-0.3, -0.25) is 16.3 Å². The summed E-state index contributed by atoms with van der Waals surface area (Å²) in [4.78, 5) is 5.28. The Bertz CT molecular complexity index is 513. The highest BCUT2D eigenvalue weighted by Crippen LogP contribution is 2.24. The number of nitrogens with one attached hydrogen (secondary N) is 1. The number of nitrogens with zero attached hydrogens (tertiary/aromatic N) is 1. The molecule has 2 aromatic rings. The predicted octanol–water partition coefficient (Wildman–Crippen LogP) is 2.83. The minimum atomic E-state index is -0.222. The van der Waals surface area contributed by atoms with Gasteiger partial charge in [-0.25, -0.2) is 4.39 Å². The molecule has 0 amide bonds. The van der Waals surface area contributed by atoms with Crippen LogP contribution in [0.2, 0.25) is 0 Å². The van der Waals surface area contributed by atoms with Gasteiger partial charge >= 0.3 is 0 Å². The maximum Gasteiger partial charge on any atom is 0.123 e. The number of benzene rings is 1. The first kappa shape index (κ1) is 14.0. The lowest BCUT2D eigenvalue weighted by Gasteiger charge is -2.15. The molecule has 2 rings (SSSR count). The van der Waals surface area contributed by atoms with Crippen molar-refractivity contribution in [3.63, 3.8) is 0 Å². The number of rotatable bonds is 5. The Labute approximate surface area is 116 Å². The fourth-order valence-electron chi connectivity index (χ4n) is 1.64. The Balaban J connectivity index is 1.99. The van der Waals surface area contributed by atoms with Crippen LogP contribution in [0.4, 0.5) is 4.39 Å². The molecular weight excluding hydrogens is 261 g/mol. The molecule has 0 fully saturated rings. The van der Waals surface area contributed by atoms with Crippen molar-refractivity contribution in [2.24, 2.45) is 5.84 Å². The molecule has 3 nitrogen and oxygen atoms in total. The van der Waals surface area contributed by atoms with Crippen molar-refractivity contribution in [3.05, 3.63) is 59.7 Å². The van der Waals surface area contributed by atoms with Gasteiger partial charge < -0.3 is 0 Å². The molecule has 0 aliphatic carbocycles. The molecule has 0 aliphatic heterocycles. The van der Waals surface area contributed by atoms with E-state index < -0.39 is 0 Å². The SMILES string of the molecule is Cc1ccc(C(CSc2ccc(F)cc2)NN)cn1. The van der Waals surface area contributed by atoms with E-state index in [4.69, 9.17) is 5.84 Å². The molecule has 100 valence electrons. The van der Waals surface area contributed by atoms with Crippen molar-refractivity contribution in [3.8, 4) is 0 Å². The molecule has 5 heteroatoms. The average molecular weight is 277 g/mol. The summed E-state index contributed by atoms with van der Waals surface area (Å²) in [5.41, 5.74) is 4.81. The van der Waals surface area contributed by atoms with Gasteiger partial charge in [0.15, 0.2) is 0 Å². The van der Waals surface area contributed by atoms with Gasteiger partial charge in [0.05, 0.1) is 6.04 Å². The normalized spacial score (nSPS) is 12.4. The molecule has 1 aromatic carbocycles. The molecule has 1 heterocycles. The van der Waals surface area contributed by atoms with E-state index in [1.54, 1.807) is 23.9 Å². The van der Waals surface area contributed by atoms with E-state index in [1.807, 2.05) is 25.3 Å². The third-order valence-corrected chi connectivity index (χ3v) is 3.87. The van der Waals surface area contributed by atoms with Crippen molar-refractivity contribution >= 4 is 11.8 Å². The standard InChI is InChI=1S/C14H16FN3S/c1-10-2-3-11(8-17-10)14(18-16)9-19-13-6-4-12(15)5-7-13/h2-8,14,18H,9,16H2,1H3. The molecule has 1 aromatic heterocycles. The zero-order valence-corrected chi connectivity index (χ0v) is 11.5. The Kier molecular flexibility index (Phi) is 4.90. The quantitative estimate of drug-likeness (QED) is 0.501. The number of hydrogen-bond acceptors (Lipinski definition) is 4. The van der Waals surface area contributed by atoms with Gasteiger partial charge in [0.1, 0.15) is 5.82 Å². The summed E-state index contributed by atoms with van der Waals surface area (Å²) >= 11 is 1.62. The molecule has 0 bridgehead atoms. The van der Waals surface area contributed by atoms with Gasteiger partial charge in [0.2, 0.25) is 0 Å². The number of halogens is 1. The number of aromatic nitrogens is 1. The summed E-state index contributed by atoms with van der Waals surface area (Å²) in [7, 11) is 0. The second-order valence-electron chi connectivity index (χ2n) is 4.22. The minimum Gasteiger partial charge on any atom is -0.271 e. The fraction of sp³-hybridized carbons (Fsp3) is 0.214. The van der Waals surface area contributed by atoms with Crippen molar-refractivity contribution in [1.29, 1.82) is 0 Å². The van der Waals surface area contributed by atoms with Gasteiger partial charge in [-0.2, -0.15) is 0 Å². The Morgan fingerprint density at radius 2 is 2.00 bits per heavy atom. The first-order valence-corrected chi connectivity index (χ1v) is 6.94. The van der Waals surface area contributed by atoms with Crippen LogP contribution in [0.1, 0.15) is 17.3 Å². The number of pyridine rings is 1. The molecule has 1 atom stereocenters. The largest absolute Gasteiger partial charge is 0.271 e. The van der Waals surface area contributed by atoms with Crippen molar-refractivity contribution in [2.45, 2.75) is 17.9 Å². The van der Waals surface area contributed by atoms with Gasteiger partial charge in [0, 0.05) is 22.5 Å². The number of hydrazine groups is 1. The Morgan fingerprint density at radius 3 is 2.58 bits per heavy atom. The number of thioether (sulfide) groups is 1. The minimum absolute atomic E-state index is 0.0168. The Morgan fingerprint density at radius 1 is 1.26 bits per heavy atom. The summed E-state index contributed by atoms with van der Waals surface area (Å²) in [6, 6.07) is 10.4. The first-order valence-electron chi connectivity index (χ1n) is 5.96. The van der Waals surface area contributed by atoms with Crippen molar-refractivity contribution in [2.75, 3.05) is 5.75 Å². The molecular formula is C14H16FN3S. The smallest absolute Gasteiger partial charge is 0.123 e.